The van der Waals surface area contributed by atoms with Crippen LogP contribution >= 0.6 is 0 Å². The minimum absolute atomic E-state index is 0.275. The molecule has 4 nitrogen and oxygen atoms in total. The van der Waals surface area contributed by atoms with E-state index in [1.165, 1.54) is 0 Å². The van der Waals surface area contributed by atoms with Gasteiger partial charge in [-0.2, -0.15) is 0 Å². The summed E-state index contributed by atoms with van der Waals surface area (Å²) in [7, 11) is 0. The molecular weight excluding hydrogens is 352 g/mol. The second kappa shape index (κ2) is 6.00. The van der Waals surface area contributed by atoms with Crippen molar-refractivity contribution in [1.82, 2.24) is 0 Å². The number of hydrogen-bond donors (Lipinski definition) is 2. The van der Waals surface area contributed by atoms with Crippen molar-refractivity contribution in [3.63, 3.8) is 0 Å². The summed E-state index contributed by atoms with van der Waals surface area (Å²) in [4.78, 5) is 0. The Labute approximate surface area is 164 Å². The molecule has 2 atom stereocenters. The van der Waals surface area contributed by atoms with Gasteiger partial charge in [0.15, 0.2) is 0 Å². The van der Waals surface area contributed by atoms with Crippen molar-refractivity contribution in [2.75, 3.05) is 0 Å². The minimum Gasteiger partial charge on any atom is -0.358 e. The Bertz CT molecular complexity index is 968. The molecule has 0 spiro atoms. The maximum absolute atomic E-state index is 11.3. The summed E-state index contributed by atoms with van der Waals surface area (Å²) in [6, 6.07) is 19.2. The molecular formula is C24H22O4. The monoisotopic (exact) mass is 374 g/mol. The Kier molecular flexibility index (Phi) is 3.77. The topological polar surface area (TPSA) is 58.9 Å². The lowest BCUT2D eigenvalue weighted by Crippen LogP contribution is -2.27. The van der Waals surface area contributed by atoms with Crippen molar-refractivity contribution in [3.05, 3.63) is 105 Å². The molecule has 2 aliphatic rings. The molecule has 3 aromatic rings. The molecule has 2 aliphatic heterocycles. The van der Waals surface area contributed by atoms with E-state index < -0.39 is 11.6 Å². The zero-order valence-corrected chi connectivity index (χ0v) is 15.9. The van der Waals surface area contributed by atoms with Crippen LogP contribution in [0.5, 0.6) is 0 Å². The zero-order valence-electron chi connectivity index (χ0n) is 15.9. The van der Waals surface area contributed by atoms with Gasteiger partial charge in [0, 0.05) is 22.3 Å². The number of aryl methyl sites for hydroxylation is 2. The predicted molar refractivity (Wildman–Crippen MR) is 104 cm³/mol. The fourth-order valence-electron chi connectivity index (χ4n) is 4.12. The predicted octanol–water partition coefficient (Wildman–Crippen LogP) is 3.75. The summed E-state index contributed by atoms with van der Waals surface area (Å²) in [6.45, 7) is 4.56. The Morgan fingerprint density at radius 3 is 1.36 bits per heavy atom. The Morgan fingerprint density at radius 1 is 0.643 bits per heavy atom. The SMILES string of the molecule is Cc1ccc(C2(O)OCc3cc4c(cc32)COC4(O)c2ccc(C)cc2)cc1. The van der Waals surface area contributed by atoms with Crippen molar-refractivity contribution in [3.8, 4) is 0 Å². The molecule has 0 aliphatic carbocycles. The second-order valence-electron chi connectivity index (χ2n) is 7.76. The van der Waals surface area contributed by atoms with Crippen LogP contribution in [-0.2, 0) is 34.3 Å². The summed E-state index contributed by atoms with van der Waals surface area (Å²) >= 11 is 0. The van der Waals surface area contributed by atoms with Gasteiger partial charge in [0.2, 0.25) is 11.6 Å². The van der Waals surface area contributed by atoms with E-state index in [-0.39, 0.29) is 13.2 Å². The van der Waals surface area contributed by atoms with Crippen molar-refractivity contribution in [2.24, 2.45) is 0 Å². The first-order chi connectivity index (χ1) is 13.4. The summed E-state index contributed by atoms with van der Waals surface area (Å²) in [6.07, 6.45) is 0. The average Bonchev–Trinajstić information content (AvgIpc) is 3.21. The Balaban J connectivity index is 1.60. The molecule has 2 heterocycles. The summed E-state index contributed by atoms with van der Waals surface area (Å²) in [5, 5.41) is 22.6. The van der Waals surface area contributed by atoms with Crippen molar-refractivity contribution in [2.45, 2.75) is 38.6 Å². The van der Waals surface area contributed by atoms with Crippen molar-refractivity contribution >= 4 is 0 Å². The number of benzene rings is 3. The highest BCUT2D eigenvalue weighted by Crippen LogP contribution is 2.46. The molecule has 0 fully saturated rings. The van der Waals surface area contributed by atoms with Crippen LogP contribution in [-0.4, -0.2) is 10.2 Å². The van der Waals surface area contributed by atoms with E-state index in [1.54, 1.807) is 0 Å². The van der Waals surface area contributed by atoms with E-state index in [0.29, 0.717) is 22.3 Å². The van der Waals surface area contributed by atoms with E-state index >= 15 is 0 Å². The molecule has 28 heavy (non-hydrogen) atoms. The first-order valence-electron chi connectivity index (χ1n) is 9.44. The normalized spacial score (nSPS) is 25.6. The van der Waals surface area contributed by atoms with Gasteiger partial charge in [-0.15, -0.1) is 0 Å². The van der Waals surface area contributed by atoms with Crippen LogP contribution in [0.25, 0.3) is 0 Å². The van der Waals surface area contributed by atoms with E-state index in [2.05, 4.69) is 0 Å². The zero-order chi connectivity index (χ0) is 19.5. The lowest BCUT2D eigenvalue weighted by Gasteiger charge is -2.25. The van der Waals surface area contributed by atoms with Crippen LogP contribution in [0.3, 0.4) is 0 Å². The van der Waals surface area contributed by atoms with E-state index in [9.17, 15) is 10.2 Å². The Hall–Kier alpha value is -2.50. The molecule has 0 saturated heterocycles. The van der Waals surface area contributed by atoms with Crippen LogP contribution in [0.1, 0.15) is 44.5 Å². The van der Waals surface area contributed by atoms with Gasteiger partial charge >= 0.3 is 0 Å². The largest absolute Gasteiger partial charge is 0.358 e. The van der Waals surface area contributed by atoms with Gasteiger partial charge < -0.3 is 19.7 Å². The fraction of sp³-hybridized carbons (Fsp3) is 0.250. The summed E-state index contributed by atoms with van der Waals surface area (Å²) < 4.78 is 11.7. The number of ether oxygens (including phenoxy) is 2. The quantitative estimate of drug-likeness (QED) is 0.717. The second-order valence-corrected chi connectivity index (χ2v) is 7.76. The van der Waals surface area contributed by atoms with Crippen molar-refractivity contribution < 1.29 is 19.7 Å². The maximum Gasteiger partial charge on any atom is 0.220 e. The van der Waals surface area contributed by atoms with Crippen LogP contribution in [0, 0.1) is 13.8 Å². The van der Waals surface area contributed by atoms with Gasteiger partial charge in [-0.25, -0.2) is 0 Å². The van der Waals surface area contributed by atoms with E-state index in [1.807, 2.05) is 74.5 Å². The molecule has 4 heteroatoms. The molecule has 0 saturated carbocycles. The van der Waals surface area contributed by atoms with Crippen LogP contribution < -0.4 is 0 Å². The smallest absolute Gasteiger partial charge is 0.220 e. The Morgan fingerprint density at radius 2 is 1.00 bits per heavy atom. The van der Waals surface area contributed by atoms with Gasteiger partial charge in [-0.05, 0) is 37.1 Å². The molecule has 0 aromatic heterocycles. The fourth-order valence-corrected chi connectivity index (χ4v) is 4.12. The molecule has 0 radical (unpaired) electrons. The van der Waals surface area contributed by atoms with Gasteiger partial charge in [0.1, 0.15) is 0 Å². The molecule has 3 aromatic carbocycles. The van der Waals surface area contributed by atoms with Gasteiger partial charge in [0.25, 0.3) is 0 Å². The van der Waals surface area contributed by atoms with Gasteiger partial charge in [0.05, 0.1) is 13.2 Å². The van der Waals surface area contributed by atoms with Crippen LogP contribution in [0.2, 0.25) is 0 Å². The van der Waals surface area contributed by atoms with E-state index in [4.69, 9.17) is 9.47 Å². The molecule has 0 amide bonds. The lowest BCUT2D eigenvalue weighted by molar-refractivity contribution is -0.172. The number of rotatable bonds is 2. The third-order valence-electron chi connectivity index (χ3n) is 5.82. The van der Waals surface area contributed by atoms with Crippen LogP contribution in [0.4, 0.5) is 0 Å². The summed E-state index contributed by atoms with van der Waals surface area (Å²) in [5.74, 6) is -2.97. The number of hydrogen-bond acceptors (Lipinski definition) is 4. The standard InChI is InChI=1S/C24H22O4/c1-15-3-7-19(8-4-15)23(25)21-11-18-14-28-24(26,20-9-5-16(2)6-10-20)22(18)12-17(21)13-27-23/h3-12,25-26H,13-14H2,1-2H3. The highest BCUT2D eigenvalue weighted by molar-refractivity contribution is 5.51. The summed E-state index contributed by atoms with van der Waals surface area (Å²) in [5.41, 5.74) is 6.79. The molecule has 2 N–H and O–H groups in total. The molecule has 0 bridgehead atoms. The van der Waals surface area contributed by atoms with Gasteiger partial charge in [-0.3, -0.25) is 0 Å². The number of fused-ring (bicyclic) bond motifs is 2. The number of aliphatic hydroxyl groups is 2. The average molecular weight is 374 g/mol. The third kappa shape index (κ3) is 2.46. The highest BCUT2D eigenvalue weighted by Gasteiger charge is 2.45. The first kappa shape index (κ1) is 17.6. The minimum atomic E-state index is -1.48. The molecule has 142 valence electrons. The van der Waals surface area contributed by atoms with Crippen LogP contribution in [0.15, 0.2) is 60.7 Å². The molecule has 5 rings (SSSR count). The lowest BCUT2D eigenvalue weighted by atomic mass is 9.88. The first-order valence-corrected chi connectivity index (χ1v) is 9.44. The van der Waals surface area contributed by atoms with Crippen molar-refractivity contribution in [1.29, 1.82) is 0 Å². The third-order valence-corrected chi connectivity index (χ3v) is 5.82. The van der Waals surface area contributed by atoms with E-state index in [0.717, 1.165) is 22.3 Å². The maximum atomic E-state index is 11.3. The molecule has 2 unspecified atom stereocenters. The highest BCUT2D eigenvalue weighted by atomic mass is 16.6. The van der Waals surface area contributed by atoms with Gasteiger partial charge in [-0.1, -0.05) is 59.7 Å².